The van der Waals surface area contributed by atoms with Crippen LogP contribution >= 0.6 is 0 Å². The summed E-state index contributed by atoms with van der Waals surface area (Å²) in [5.74, 6) is -2.19. The average molecular weight is 365 g/mol. The maximum absolute atomic E-state index is 11.2. The van der Waals surface area contributed by atoms with Crippen LogP contribution in [0.25, 0.3) is 0 Å². The van der Waals surface area contributed by atoms with E-state index in [1.54, 1.807) is 0 Å². The monoisotopic (exact) mass is 365 g/mol. The van der Waals surface area contributed by atoms with Crippen molar-refractivity contribution in [3.8, 4) is 0 Å². The first-order chi connectivity index (χ1) is 18.4. The number of aromatic nitrogens is 4. The molecular formula is C14H24BN4NaO4. The number of nitrogens with zero attached hydrogens (tertiary/aromatic N) is 4. The minimum Gasteiger partial charge on any atom is -0.463 e. The first-order valence-corrected chi connectivity index (χ1v) is 5.12. The molecule has 24 heavy (non-hydrogen) atoms. The molecule has 2 rings (SSSR count). The Kier molecular flexibility index (Phi) is 4.86. The van der Waals surface area contributed by atoms with E-state index in [1.165, 1.54) is 0 Å². The van der Waals surface area contributed by atoms with E-state index >= 15 is 0 Å². The van der Waals surface area contributed by atoms with E-state index in [0.717, 1.165) is 24.8 Å². The molecule has 0 aromatic carbocycles. The summed E-state index contributed by atoms with van der Waals surface area (Å²) < 4.78 is 128. The number of methoxy groups -OCH3 is 1. The maximum atomic E-state index is 11.2. The summed E-state index contributed by atoms with van der Waals surface area (Å²) >= 11 is 0. The van der Waals surface area contributed by atoms with Crippen LogP contribution in [-0.4, -0.2) is 65.2 Å². The molecule has 0 atom stereocenters. The van der Waals surface area contributed by atoms with E-state index in [4.69, 9.17) is 31.1 Å². The van der Waals surface area contributed by atoms with E-state index in [2.05, 4.69) is 29.8 Å². The molecule has 2 heterocycles. The van der Waals surface area contributed by atoms with Crippen LogP contribution in [0.5, 0.6) is 0 Å². The quantitative estimate of drug-likeness (QED) is 0.409. The Morgan fingerprint density at radius 1 is 1.29 bits per heavy atom. The summed E-state index contributed by atoms with van der Waals surface area (Å²) in [4.78, 5) is 24.9. The van der Waals surface area contributed by atoms with Crippen LogP contribution in [0.2, 0.25) is 0 Å². The zero-order chi connectivity index (χ0) is 34.0. The molecule has 0 aliphatic rings. The van der Waals surface area contributed by atoms with Crippen LogP contribution in [0, 0.1) is 13.7 Å². The Labute approximate surface area is 192 Å². The third-order valence-electron chi connectivity index (χ3n) is 1.68. The van der Waals surface area contributed by atoms with Gasteiger partial charge in [-0.3, -0.25) is 0 Å². The number of carbonyl (C=O) groups excluding carboxylic acids is 1. The first kappa shape index (κ1) is 7.09. The third-order valence-corrected chi connectivity index (χ3v) is 1.68. The molecule has 2 aromatic heterocycles. The van der Waals surface area contributed by atoms with Crippen molar-refractivity contribution in [1.29, 1.82) is 6.77 Å². The molecule has 0 aliphatic carbocycles. The molecule has 0 unspecified atom stereocenters. The smallest absolute Gasteiger partial charge is 0.463 e. The van der Waals surface area contributed by atoms with Gasteiger partial charge in [0.25, 0.3) is 0 Å². The van der Waals surface area contributed by atoms with Gasteiger partial charge in [-0.25, -0.2) is 30.1 Å². The standard InChI is InChI=1S/C7H8N2O2.C6H8N2O.CH4O.BH4.Na/c1-5-3-8-6(9-4-5)7(10)11-2;1-5-2-7-6(4-9)8-3-5;1-2;;/h3-4H,1-2H3;2-3,9H,4H2,1H3;2H,1H3;1H4;/q;;;-1;+1/i1D3,2D3;1D3,4D2;1D3,2D;1D4;. The van der Waals surface area contributed by atoms with Crippen molar-refractivity contribution in [3.63, 3.8) is 0 Å². The minimum atomic E-state index is -3.00. The molecule has 0 saturated carbocycles. The van der Waals surface area contributed by atoms with E-state index in [0.29, 0.717) is 0 Å². The first-order valence-electron chi connectivity index (χ1n) is 14.8. The van der Waals surface area contributed by atoms with Crippen molar-refractivity contribution in [2.75, 3.05) is 14.1 Å². The number of aryl methyl sites for hydroxylation is 2. The van der Waals surface area contributed by atoms with E-state index < -0.39 is 60.2 Å². The zero-order valence-electron chi connectivity index (χ0n) is 31.3. The topological polar surface area (TPSA) is 118 Å². The third kappa shape index (κ3) is 11.2. The van der Waals surface area contributed by atoms with Gasteiger partial charge >= 0.3 is 35.5 Å². The van der Waals surface area contributed by atoms with Crippen LogP contribution in [0.15, 0.2) is 24.8 Å². The molecule has 2 N–H and O–H groups in total. The summed E-state index contributed by atoms with van der Waals surface area (Å²) in [6.07, 6.45) is 3.80. The molecule has 0 spiro atoms. The molecule has 128 valence electrons. The van der Waals surface area contributed by atoms with Gasteiger partial charge in [-0.15, -0.1) is 0 Å². The normalized spacial score (nSPS) is 22.6. The van der Waals surface area contributed by atoms with E-state index in [-0.39, 0.29) is 40.7 Å². The fraction of sp³-hybridized carbons (Fsp3) is 0.357. The van der Waals surface area contributed by atoms with E-state index in [1.807, 2.05) is 0 Å². The van der Waals surface area contributed by atoms with Gasteiger partial charge in [-0.05, 0) is 24.8 Å². The summed E-state index contributed by atoms with van der Waals surface area (Å²) in [6, 6.07) is 0. The number of aliphatic hydroxyl groups is 2. The fourth-order valence-corrected chi connectivity index (χ4v) is 0.865. The number of rotatable bonds is 2. The van der Waals surface area contributed by atoms with Gasteiger partial charge in [0.15, 0.2) is 5.82 Å². The largest absolute Gasteiger partial charge is 1.00 e. The number of hydrogen-bond acceptors (Lipinski definition) is 8. The average Bonchev–Trinajstić information content (AvgIpc) is 2.76. The molecule has 0 fully saturated rings. The molecule has 0 saturated heterocycles. The number of esters is 1. The fourth-order valence-electron chi connectivity index (χ4n) is 0.865. The number of ether oxygens (including phenoxy) is 1. The molecule has 8 nitrogen and oxygen atoms in total. The van der Waals surface area contributed by atoms with Crippen molar-refractivity contribution >= 4 is 14.2 Å². The van der Waals surface area contributed by atoms with Gasteiger partial charge < -0.3 is 15.0 Å². The molecule has 10 heteroatoms. The summed E-state index contributed by atoms with van der Waals surface area (Å²) in [5, 5.41) is 12.0. The second kappa shape index (κ2) is 16.5. The van der Waals surface area contributed by atoms with Crippen LogP contribution in [0.4, 0.5) is 0 Å². The zero-order valence-corrected chi connectivity index (χ0v) is 14.3. The van der Waals surface area contributed by atoms with Crippen LogP contribution in [0.3, 0.4) is 0 Å². The summed E-state index contributed by atoms with van der Waals surface area (Å²) in [6.45, 7) is -7.35. The van der Waals surface area contributed by atoms with Gasteiger partial charge in [0.1, 0.15) is 6.56 Å². The predicted octanol–water partition coefficient (Wildman–Crippen LogP) is -3.99. The molecule has 0 aliphatic heterocycles. The van der Waals surface area contributed by atoms with Crippen molar-refractivity contribution in [3.05, 3.63) is 47.6 Å². The Balaban J connectivity index is -0.000000551. The van der Waals surface area contributed by atoms with Gasteiger partial charge in [0.2, 0.25) is 7.26 Å². The molecule has 2 aromatic rings. The van der Waals surface area contributed by atoms with Crippen molar-refractivity contribution in [2.45, 2.75) is 20.3 Å². The summed E-state index contributed by atoms with van der Waals surface area (Å²) in [5.41, 5.74) is -0.242. The number of hydrogen-bond donors (Lipinski definition) is 2. The second-order valence-corrected chi connectivity index (χ2v) is 3.09. The SMILES string of the molecule is [2H]C([2H])([2H])OC(=O)c1ncc(C([2H])([2H])[2H])cn1.[2H]C([2H])([2H])c1cnc(C([2H])([2H])O)nc1.[2H]OC([2H])([2H])[2H].[2H][B-]([2H])([2H])[2H].[Na+]. The Bertz CT molecular complexity index is 1050. The maximum Gasteiger partial charge on any atom is 1.00 e. The minimum absolute atomic E-state index is 0. The van der Waals surface area contributed by atoms with Crippen LogP contribution in [0.1, 0.15) is 46.8 Å². The van der Waals surface area contributed by atoms with Crippen LogP contribution in [-0.2, 0) is 11.3 Å². The van der Waals surface area contributed by atoms with Crippen molar-refractivity contribution in [2.24, 2.45) is 0 Å². The predicted molar refractivity (Wildman–Crippen MR) is 90.3 cm³/mol. The Hall–Kier alpha value is -1.39. The second-order valence-electron chi connectivity index (χ2n) is 3.09. The Morgan fingerprint density at radius 2 is 1.79 bits per heavy atom. The van der Waals surface area contributed by atoms with Gasteiger partial charge in [-0.1, -0.05) is 8.27 Å². The van der Waals surface area contributed by atoms with E-state index in [9.17, 15) is 4.79 Å². The molecule has 0 amide bonds. The van der Waals surface area contributed by atoms with Crippen molar-refractivity contribution in [1.82, 2.24) is 19.9 Å². The van der Waals surface area contributed by atoms with Crippen molar-refractivity contribution < 1.29 is 68.5 Å². The molecule has 0 bridgehead atoms. The van der Waals surface area contributed by atoms with Crippen LogP contribution < -0.4 is 29.6 Å². The summed E-state index contributed by atoms with van der Waals surface area (Å²) in [7, 11) is -8.43. The van der Waals surface area contributed by atoms with Gasteiger partial charge in [-0.2, -0.15) is 0 Å². The Morgan fingerprint density at radius 3 is 2.17 bits per heavy atom. The van der Waals surface area contributed by atoms with Gasteiger partial charge in [0.05, 0.1) is 18.0 Å². The molecular weight excluding hydrogens is 322 g/mol. The molecule has 0 radical (unpaired) electrons. The number of carbonyl (C=O) groups is 1. The van der Waals surface area contributed by atoms with Gasteiger partial charge in [0, 0.05) is 40.0 Å².